The Morgan fingerprint density at radius 3 is 2.90 bits per heavy atom. The number of oxime groups is 1. The van der Waals surface area contributed by atoms with Crippen LogP contribution in [-0.2, 0) is 11.3 Å². The van der Waals surface area contributed by atoms with E-state index in [1.165, 1.54) is 0 Å². The molecule has 1 aliphatic heterocycles. The number of benzene rings is 1. The van der Waals surface area contributed by atoms with Gasteiger partial charge in [0.2, 0.25) is 0 Å². The first-order valence-corrected chi connectivity index (χ1v) is 6.70. The van der Waals surface area contributed by atoms with E-state index in [-0.39, 0.29) is 5.84 Å². The second kappa shape index (κ2) is 7.12. The summed E-state index contributed by atoms with van der Waals surface area (Å²) in [6, 6.07) is 6.15. The molecule has 1 aliphatic rings. The lowest BCUT2D eigenvalue weighted by atomic mass is 10.1. The van der Waals surface area contributed by atoms with E-state index in [2.05, 4.69) is 10.5 Å². The Hall–Kier alpha value is -1.79. The highest BCUT2D eigenvalue weighted by Crippen LogP contribution is 2.20. The van der Waals surface area contributed by atoms with Gasteiger partial charge in [-0.05, 0) is 30.5 Å². The van der Waals surface area contributed by atoms with Crippen LogP contribution >= 0.6 is 0 Å². The minimum absolute atomic E-state index is 0.0470. The first-order chi connectivity index (χ1) is 9.74. The Balaban J connectivity index is 2.01. The largest absolute Gasteiger partial charge is 0.496 e. The van der Waals surface area contributed by atoms with Crippen molar-refractivity contribution in [1.82, 2.24) is 5.32 Å². The molecule has 0 saturated carbocycles. The van der Waals surface area contributed by atoms with Crippen LogP contribution in [0.4, 0.5) is 0 Å². The SMILES string of the molecule is COc1cc(CNC2CCOCC2)ccc1/C(N)=N/O. The molecule has 6 heteroatoms. The molecule has 1 aromatic rings. The van der Waals surface area contributed by atoms with E-state index in [0.717, 1.165) is 38.2 Å². The van der Waals surface area contributed by atoms with Crippen LogP contribution in [0.25, 0.3) is 0 Å². The lowest BCUT2D eigenvalue weighted by Crippen LogP contribution is -2.34. The summed E-state index contributed by atoms with van der Waals surface area (Å²) in [5.41, 5.74) is 7.29. The van der Waals surface area contributed by atoms with Crippen molar-refractivity contribution in [3.05, 3.63) is 29.3 Å². The third-order valence-corrected chi connectivity index (χ3v) is 3.47. The molecule has 4 N–H and O–H groups in total. The fraction of sp³-hybridized carbons (Fsp3) is 0.500. The van der Waals surface area contributed by atoms with Crippen molar-refractivity contribution in [2.75, 3.05) is 20.3 Å². The number of hydrogen-bond acceptors (Lipinski definition) is 5. The predicted octanol–water partition coefficient (Wildman–Crippen LogP) is 1.06. The first kappa shape index (κ1) is 14.6. The average Bonchev–Trinajstić information content (AvgIpc) is 2.52. The van der Waals surface area contributed by atoms with Crippen molar-refractivity contribution in [3.8, 4) is 5.75 Å². The minimum atomic E-state index is 0.0470. The highest BCUT2D eigenvalue weighted by atomic mass is 16.5. The number of ether oxygens (including phenoxy) is 2. The molecule has 1 aromatic carbocycles. The van der Waals surface area contributed by atoms with E-state index in [4.69, 9.17) is 20.4 Å². The van der Waals surface area contributed by atoms with Crippen LogP contribution in [0, 0.1) is 0 Å². The van der Waals surface area contributed by atoms with Gasteiger partial charge < -0.3 is 25.7 Å². The normalized spacial score (nSPS) is 17.1. The van der Waals surface area contributed by atoms with Crippen LogP contribution in [0.3, 0.4) is 0 Å². The molecule has 0 bridgehead atoms. The van der Waals surface area contributed by atoms with Crippen LogP contribution in [-0.4, -0.2) is 37.4 Å². The number of hydrogen-bond donors (Lipinski definition) is 3. The quantitative estimate of drug-likeness (QED) is 0.324. The van der Waals surface area contributed by atoms with Gasteiger partial charge in [-0.15, -0.1) is 0 Å². The molecule has 0 atom stereocenters. The third kappa shape index (κ3) is 3.61. The van der Waals surface area contributed by atoms with Crippen LogP contribution in [0.2, 0.25) is 0 Å². The average molecular weight is 279 g/mol. The predicted molar refractivity (Wildman–Crippen MR) is 76.2 cm³/mol. The summed E-state index contributed by atoms with van der Waals surface area (Å²) in [5, 5.41) is 15.2. The van der Waals surface area contributed by atoms with E-state index in [1.807, 2.05) is 12.1 Å². The van der Waals surface area contributed by atoms with Gasteiger partial charge in [-0.25, -0.2) is 0 Å². The second-order valence-corrected chi connectivity index (χ2v) is 4.79. The zero-order chi connectivity index (χ0) is 14.4. The number of rotatable bonds is 5. The van der Waals surface area contributed by atoms with Crippen molar-refractivity contribution in [2.45, 2.75) is 25.4 Å². The third-order valence-electron chi connectivity index (χ3n) is 3.47. The lowest BCUT2D eigenvalue weighted by Gasteiger charge is -2.23. The van der Waals surface area contributed by atoms with E-state index in [1.54, 1.807) is 13.2 Å². The minimum Gasteiger partial charge on any atom is -0.496 e. The van der Waals surface area contributed by atoms with Crippen molar-refractivity contribution >= 4 is 5.84 Å². The smallest absolute Gasteiger partial charge is 0.173 e. The van der Waals surface area contributed by atoms with E-state index >= 15 is 0 Å². The molecule has 6 nitrogen and oxygen atoms in total. The monoisotopic (exact) mass is 279 g/mol. The van der Waals surface area contributed by atoms with Crippen LogP contribution in [0.15, 0.2) is 23.4 Å². The number of nitrogens with two attached hydrogens (primary N) is 1. The van der Waals surface area contributed by atoms with Crippen LogP contribution in [0.5, 0.6) is 5.75 Å². The molecule has 0 spiro atoms. The Bertz CT molecular complexity index is 471. The molecule has 0 aromatic heterocycles. The van der Waals surface area contributed by atoms with Gasteiger partial charge in [-0.1, -0.05) is 11.2 Å². The molecule has 20 heavy (non-hydrogen) atoms. The van der Waals surface area contributed by atoms with Gasteiger partial charge >= 0.3 is 0 Å². The Kier molecular flexibility index (Phi) is 5.20. The van der Waals surface area contributed by atoms with Gasteiger partial charge in [-0.2, -0.15) is 0 Å². The van der Waals surface area contributed by atoms with Crippen molar-refractivity contribution in [3.63, 3.8) is 0 Å². The van der Waals surface area contributed by atoms with Crippen LogP contribution in [0.1, 0.15) is 24.0 Å². The van der Waals surface area contributed by atoms with Gasteiger partial charge in [0, 0.05) is 25.8 Å². The summed E-state index contributed by atoms with van der Waals surface area (Å²) < 4.78 is 10.6. The fourth-order valence-electron chi connectivity index (χ4n) is 2.27. The molecule has 0 unspecified atom stereocenters. The molecule has 0 amide bonds. The summed E-state index contributed by atoms with van der Waals surface area (Å²) in [4.78, 5) is 0. The van der Waals surface area contributed by atoms with Crippen molar-refractivity contribution < 1.29 is 14.7 Å². The van der Waals surface area contributed by atoms with Crippen LogP contribution < -0.4 is 15.8 Å². The summed E-state index contributed by atoms with van der Waals surface area (Å²) in [6.45, 7) is 2.41. The molecule has 0 aliphatic carbocycles. The van der Waals surface area contributed by atoms with E-state index < -0.39 is 0 Å². The van der Waals surface area contributed by atoms with Gasteiger partial charge in [0.05, 0.1) is 12.7 Å². The highest BCUT2D eigenvalue weighted by molar-refractivity contribution is 5.99. The van der Waals surface area contributed by atoms with Crippen molar-refractivity contribution in [1.29, 1.82) is 0 Å². The topological polar surface area (TPSA) is 89.1 Å². The van der Waals surface area contributed by atoms with E-state index in [0.29, 0.717) is 17.4 Å². The van der Waals surface area contributed by atoms with Gasteiger partial charge in [0.1, 0.15) is 5.75 Å². The molecule has 1 fully saturated rings. The molecule has 1 heterocycles. The summed E-state index contributed by atoms with van der Waals surface area (Å²) in [5.74, 6) is 0.650. The molecule has 0 radical (unpaired) electrons. The maximum absolute atomic E-state index is 8.73. The van der Waals surface area contributed by atoms with Gasteiger partial charge in [0.25, 0.3) is 0 Å². The number of nitrogens with one attached hydrogen (secondary N) is 1. The molecule has 110 valence electrons. The molecular weight excluding hydrogens is 258 g/mol. The van der Waals surface area contributed by atoms with E-state index in [9.17, 15) is 0 Å². The first-order valence-electron chi connectivity index (χ1n) is 6.70. The number of amidine groups is 1. The standard InChI is InChI=1S/C14H21N3O3/c1-19-13-8-10(2-3-12(13)14(15)17-18)9-16-11-4-6-20-7-5-11/h2-3,8,11,16,18H,4-7,9H2,1H3,(H2,15,17). The number of methoxy groups -OCH3 is 1. The zero-order valence-corrected chi connectivity index (χ0v) is 11.6. The van der Waals surface area contributed by atoms with Gasteiger partial charge in [0.15, 0.2) is 5.84 Å². The summed E-state index contributed by atoms with van der Waals surface area (Å²) >= 11 is 0. The Labute approximate surface area is 118 Å². The van der Waals surface area contributed by atoms with Crippen molar-refractivity contribution in [2.24, 2.45) is 10.9 Å². The molecule has 2 rings (SSSR count). The maximum Gasteiger partial charge on any atom is 0.173 e. The molecule has 1 saturated heterocycles. The second-order valence-electron chi connectivity index (χ2n) is 4.79. The Morgan fingerprint density at radius 1 is 1.50 bits per heavy atom. The molecular formula is C14H21N3O3. The van der Waals surface area contributed by atoms with Gasteiger partial charge in [-0.3, -0.25) is 0 Å². The summed E-state index contributed by atoms with van der Waals surface area (Å²) in [7, 11) is 1.57. The highest BCUT2D eigenvalue weighted by Gasteiger charge is 2.13. The Morgan fingerprint density at radius 2 is 2.25 bits per heavy atom. The fourth-order valence-corrected chi connectivity index (χ4v) is 2.27. The lowest BCUT2D eigenvalue weighted by molar-refractivity contribution is 0.0776. The maximum atomic E-state index is 8.73. The number of nitrogens with zero attached hydrogens (tertiary/aromatic N) is 1. The zero-order valence-electron chi connectivity index (χ0n) is 11.6. The summed E-state index contributed by atoms with van der Waals surface area (Å²) in [6.07, 6.45) is 2.08.